The molecule has 0 saturated heterocycles. The minimum atomic E-state index is -0.926. The van der Waals surface area contributed by atoms with Gasteiger partial charge < -0.3 is 10.4 Å². The van der Waals surface area contributed by atoms with Crippen LogP contribution >= 0.6 is 0 Å². The number of nitrogens with one attached hydrogen (secondary N) is 2. The fourth-order valence-corrected chi connectivity index (χ4v) is 3.10. The fraction of sp³-hybridized carbons (Fsp3) is 0.421. The van der Waals surface area contributed by atoms with Gasteiger partial charge >= 0.3 is 0 Å². The second-order valence-electron chi connectivity index (χ2n) is 6.52. The van der Waals surface area contributed by atoms with Crippen molar-refractivity contribution in [2.45, 2.75) is 51.2 Å². The summed E-state index contributed by atoms with van der Waals surface area (Å²) in [5, 5.41) is 21.3. The number of H-pyrrole nitrogens is 1. The van der Waals surface area contributed by atoms with E-state index in [9.17, 15) is 5.11 Å². The molecule has 1 aliphatic rings. The van der Waals surface area contributed by atoms with Gasteiger partial charge in [-0.1, -0.05) is 24.0 Å². The number of anilines is 1. The third-order valence-electron chi connectivity index (χ3n) is 4.24. The summed E-state index contributed by atoms with van der Waals surface area (Å²) < 4.78 is 0. The summed E-state index contributed by atoms with van der Waals surface area (Å²) in [5.41, 5.74) is 2.24. The Bertz CT molecular complexity index is 740. The monoisotopic (exact) mass is 309 g/mol. The van der Waals surface area contributed by atoms with Gasteiger partial charge in [-0.15, -0.1) is 0 Å². The highest BCUT2D eigenvalue weighted by Crippen LogP contribution is 2.29. The van der Waals surface area contributed by atoms with E-state index in [0.29, 0.717) is 6.42 Å². The predicted molar refractivity (Wildman–Crippen MR) is 92.2 cm³/mol. The number of benzene rings is 1. The molecule has 0 bridgehead atoms. The van der Waals surface area contributed by atoms with Crippen LogP contribution in [0.25, 0.3) is 0 Å². The highest BCUT2D eigenvalue weighted by atomic mass is 16.3. The van der Waals surface area contributed by atoms with Crippen molar-refractivity contribution < 1.29 is 5.11 Å². The highest BCUT2D eigenvalue weighted by molar-refractivity contribution is 5.40. The van der Waals surface area contributed by atoms with E-state index >= 15 is 0 Å². The number of hydrogen-bond donors (Lipinski definition) is 3. The maximum atomic E-state index is 10.8. The molecule has 0 unspecified atom stereocenters. The topological polar surface area (TPSA) is 60.9 Å². The number of aromatic nitrogens is 2. The molecular weight excluding hydrogens is 286 g/mol. The largest absolute Gasteiger partial charge is 0.378 e. The molecule has 23 heavy (non-hydrogen) atoms. The Morgan fingerprint density at radius 1 is 1.35 bits per heavy atom. The van der Waals surface area contributed by atoms with Crippen molar-refractivity contribution in [2.24, 2.45) is 0 Å². The number of aryl methyl sites for hydroxylation is 2. The van der Waals surface area contributed by atoms with E-state index in [0.717, 1.165) is 36.3 Å². The summed E-state index contributed by atoms with van der Waals surface area (Å²) in [4.78, 5) is 0. The van der Waals surface area contributed by atoms with Crippen molar-refractivity contribution in [3.63, 3.8) is 0 Å². The van der Waals surface area contributed by atoms with Crippen molar-refractivity contribution >= 4 is 5.82 Å². The van der Waals surface area contributed by atoms with Crippen LogP contribution in [0.3, 0.4) is 0 Å². The van der Waals surface area contributed by atoms with Crippen molar-refractivity contribution in [3.8, 4) is 11.8 Å². The third kappa shape index (κ3) is 4.14. The van der Waals surface area contributed by atoms with Crippen LogP contribution in [-0.2, 0) is 0 Å². The van der Waals surface area contributed by atoms with Gasteiger partial charge in [0, 0.05) is 29.8 Å². The second-order valence-corrected chi connectivity index (χ2v) is 6.52. The normalized spacial score (nSPS) is 23.9. The summed E-state index contributed by atoms with van der Waals surface area (Å²) in [6.07, 6.45) is 3.34. The highest BCUT2D eigenvalue weighted by Gasteiger charge is 2.33. The summed E-state index contributed by atoms with van der Waals surface area (Å²) >= 11 is 0. The number of nitrogens with zero attached hydrogens (tertiary/aromatic N) is 1. The molecule has 1 fully saturated rings. The molecule has 0 amide bonds. The second kappa shape index (κ2) is 6.47. The van der Waals surface area contributed by atoms with Gasteiger partial charge in [0.2, 0.25) is 0 Å². The van der Waals surface area contributed by atoms with Gasteiger partial charge in [0.1, 0.15) is 11.4 Å². The summed E-state index contributed by atoms with van der Waals surface area (Å²) in [5.74, 6) is 7.07. The van der Waals surface area contributed by atoms with E-state index in [4.69, 9.17) is 0 Å². The lowest BCUT2D eigenvalue weighted by molar-refractivity contribution is 0.0561. The van der Waals surface area contributed by atoms with E-state index in [-0.39, 0.29) is 6.04 Å². The van der Waals surface area contributed by atoms with Crippen molar-refractivity contribution in [2.75, 3.05) is 5.32 Å². The Morgan fingerprint density at radius 3 is 2.96 bits per heavy atom. The van der Waals surface area contributed by atoms with Crippen LogP contribution in [0.4, 0.5) is 5.82 Å². The molecule has 1 aromatic carbocycles. The first-order valence-electron chi connectivity index (χ1n) is 8.13. The molecule has 0 spiro atoms. The SMILES string of the molecule is Cc1cccc(C#C[C@@]2(O)CCC[C@@H](Nc3cc(C)[nH]n3)C2)c1. The Hall–Kier alpha value is -2.25. The average molecular weight is 309 g/mol. The zero-order valence-corrected chi connectivity index (χ0v) is 13.7. The summed E-state index contributed by atoms with van der Waals surface area (Å²) in [6, 6.07) is 10.2. The molecule has 2 atom stereocenters. The van der Waals surface area contributed by atoms with Gasteiger partial charge in [-0.05, 0) is 50.8 Å². The van der Waals surface area contributed by atoms with Crippen LogP contribution < -0.4 is 5.32 Å². The lowest BCUT2D eigenvalue weighted by Crippen LogP contribution is -2.39. The lowest BCUT2D eigenvalue weighted by Gasteiger charge is -2.33. The molecule has 4 nitrogen and oxygen atoms in total. The van der Waals surface area contributed by atoms with E-state index < -0.39 is 5.60 Å². The van der Waals surface area contributed by atoms with Gasteiger partial charge in [0.15, 0.2) is 0 Å². The van der Waals surface area contributed by atoms with Crippen LogP contribution in [0.1, 0.15) is 42.5 Å². The maximum absolute atomic E-state index is 10.8. The standard InChI is InChI=1S/C19H23N3O/c1-14-5-3-6-16(11-14)8-10-19(23)9-4-7-17(13-19)20-18-12-15(2)21-22-18/h3,5-6,11-12,17,23H,4,7,9,13H2,1-2H3,(H2,20,21,22)/t17-,19+/m1/s1. The molecule has 1 aromatic heterocycles. The Balaban J connectivity index is 1.69. The van der Waals surface area contributed by atoms with E-state index in [1.54, 1.807) is 0 Å². The van der Waals surface area contributed by atoms with Crippen LogP contribution in [0, 0.1) is 25.7 Å². The fourth-order valence-electron chi connectivity index (χ4n) is 3.10. The molecule has 1 aliphatic carbocycles. The predicted octanol–water partition coefficient (Wildman–Crippen LogP) is 3.16. The molecule has 3 rings (SSSR count). The number of rotatable bonds is 2. The Morgan fingerprint density at radius 2 is 2.22 bits per heavy atom. The molecule has 1 saturated carbocycles. The quantitative estimate of drug-likeness (QED) is 0.747. The minimum absolute atomic E-state index is 0.197. The molecule has 2 aromatic rings. The number of aliphatic hydroxyl groups is 1. The zero-order chi connectivity index (χ0) is 16.3. The smallest absolute Gasteiger partial charge is 0.148 e. The van der Waals surface area contributed by atoms with Gasteiger partial charge in [-0.3, -0.25) is 5.10 Å². The van der Waals surface area contributed by atoms with Gasteiger partial charge in [-0.25, -0.2) is 0 Å². The Labute approximate surface area is 137 Å². The molecule has 0 aliphatic heterocycles. The van der Waals surface area contributed by atoms with E-state index in [1.807, 2.05) is 44.2 Å². The summed E-state index contributed by atoms with van der Waals surface area (Å²) in [6.45, 7) is 4.02. The molecule has 0 radical (unpaired) electrons. The average Bonchev–Trinajstić information content (AvgIpc) is 2.91. The molecular formula is C19H23N3O. The van der Waals surface area contributed by atoms with E-state index in [2.05, 4.69) is 27.4 Å². The molecule has 120 valence electrons. The third-order valence-corrected chi connectivity index (χ3v) is 4.24. The van der Waals surface area contributed by atoms with Crippen LogP contribution in [0.2, 0.25) is 0 Å². The number of aromatic amines is 1. The molecule has 4 heteroatoms. The maximum Gasteiger partial charge on any atom is 0.148 e. The van der Waals surface area contributed by atoms with Gasteiger partial charge in [0.05, 0.1) is 0 Å². The molecule has 3 N–H and O–H groups in total. The van der Waals surface area contributed by atoms with Crippen molar-refractivity contribution in [1.82, 2.24) is 10.2 Å². The van der Waals surface area contributed by atoms with Gasteiger partial charge in [-0.2, -0.15) is 5.10 Å². The minimum Gasteiger partial charge on any atom is -0.378 e. The number of hydrogen-bond acceptors (Lipinski definition) is 3. The first kappa shape index (κ1) is 15.6. The van der Waals surface area contributed by atoms with Crippen LogP contribution in [0.5, 0.6) is 0 Å². The van der Waals surface area contributed by atoms with Crippen LogP contribution in [-0.4, -0.2) is 26.9 Å². The van der Waals surface area contributed by atoms with Crippen molar-refractivity contribution in [1.29, 1.82) is 0 Å². The van der Waals surface area contributed by atoms with Crippen LogP contribution in [0.15, 0.2) is 30.3 Å². The molecule has 1 heterocycles. The Kier molecular flexibility index (Phi) is 4.40. The van der Waals surface area contributed by atoms with Crippen molar-refractivity contribution in [3.05, 3.63) is 47.2 Å². The summed E-state index contributed by atoms with van der Waals surface area (Å²) in [7, 11) is 0. The van der Waals surface area contributed by atoms with E-state index in [1.165, 1.54) is 5.56 Å². The van der Waals surface area contributed by atoms with Gasteiger partial charge in [0.25, 0.3) is 0 Å². The first-order chi connectivity index (χ1) is 11.0. The lowest BCUT2D eigenvalue weighted by atomic mass is 9.82. The first-order valence-corrected chi connectivity index (χ1v) is 8.13. The zero-order valence-electron chi connectivity index (χ0n) is 13.7.